The number of nitrogens with zero attached hydrogens (tertiary/aromatic N) is 3. The summed E-state index contributed by atoms with van der Waals surface area (Å²) >= 11 is 0. The number of guanidine groups is 1. The highest BCUT2D eigenvalue weighted by molar-refractivity contribution is 5.91. The fourth-order valence-electron chi connectivity index (χ4n) is 1.51. The summed E-state index contributed by atoms with van der Waals surface area (Å²) in [5.74, 6) is 0.993. The van der Waals surface area contributed by atoms with Gasteiger partial charge in [0.2, 0.25) is 5.96 Å². The van der Waals surface area contributed by atoms with E-state index in [0.29, 0.717) is 6.67 Å². The van der Waals surface area contributed by atoms with E-state index in [4.69, 9.17) is 0 Å². The van der Waals surface area contributed by atoms with Gasteiger partial charge in [-0.2, -0.15) is 0 Å². The van der Waals surface area contributed by atoms with Crippen LogP contribution in [0.4, 0.5) is 0 Å². The van der Waals surface area contributed by atoms with Crippen molar-refractivity contribution in [3.05, 3.63) is 0 Å². The van der Waals surface area contributed by atoms with Gasteiger partial charge >= 0.3 is 0 Å². The van der Waals surface area contributed by atoms with Crippen molar-refractivity contribution in [2.24, 2.45) is 9.98 Å². The molecule has 0 spiro atoms. The van der Waals surface area contributed by atoms with Gasteiger partial charge in [0.05, 0.1) is 6.34 Å². The topological polar surface area (TPSA) is 40.0 Å². The largest absolute Gasteiger partial charge is 0.343 e. The monoisotopic (exact) mass is 210 g/mol. The maximum Gasteiger partial charge on any atom is 0.201 e. The summed E-state index contributed by atoms with van der Waals surface area (Å²) in [6.07, 6.45) is 6.64. The average Bonchev–Trinajstić information content (AvgIpc) is 2.30. The zero-order valence-corrected chi connectivity index (χ0v) is 9.87. The molecule has 0 aromatic heterocycles. The summed E-state index contributed by atoms with van der Waals surface area (Å²) < 4.78 is 0. The summed E-state index contributed by atoms with van der Waals surface area (Å²) in [7, 11) is 0. The van der Waals surface area contributed by atoms with Crippen LogP contribution in [0.1, 0.15) is 39.5 Å². The van der Waals surface area contributed by atoms with Crippen LogP contribution in [0.3, 0.4) is 0 Å². The number of hydrogen-bond donors (Lipinski definition) is 1. The van der Waals surface area contributed by atoms with Crippen LogP contribution in [-0.4, -0.2) is 37.0 Å². The number of nitrogens with one attached hydrogen (secondary N) is 1. The second-order valence-electron chi connectivity index (χ2n) is 3.77. The standard InChI is InChI=1S/C11H22N4/c1-3-5-7-15(8-6-4-2)11-13-9-12-10-14-11/h9H,3-8,10H2,1-2H3,(H,12,13,14). The van der Waals surface area contributed by atoms with E-state index >= 15 is 0 Å². The second kappa shape index (κ2) is 7.26. The third-order valence-corrected chi connectivity index (χ3v) is 2.45. The summed E-state index contributed by atoms with van der Waals surface area (Å²) in [5, 5.41) is 3.12. The minimum absolute atomic E-state index is 0.567. The Labute approximate surface area is 92.5 Å². The molecule has 0 amide bonds. The predicted molar refractivity (Wildman–Crippen MR) is 65.3 cm³/mol. The first-order chi connectivity index (χ1) is 7.38. The highest BCUT2D eigenvalue weighted by Gasteiger charge is 2.10. The molecule has 0 saturated carbocycles. The molecule has 15 heavy (non-hydrogen) atoms. The molecule has 0 radical (unpaired) electrons. The molecule has 0 aromatic rings. The molecule has 1 N–H and O–H groups in total. The SMILES string of the molecule is CCCCN(CCCC)C1=NCN=CN1. The maximum absolute atomic E-state index is 4.37. The Bertz CT molecular complexity index is 215. The molecular weight excluding hydrogens is 188 g/mol. The van der Waals surface area contributed by atoms with Crippen molar-refractivity contribution in [2.45, 2.75) is 39.5 Å². The third-order valence-electron chi connectivity index (χ3n) is 2.45. The minimum atomic E-state index is 0.567. The van der Waals surface area contributed by atoms with Gasteiger partial charge in [-0.1, -0.05) is 26.7 Å². The molecule has 1 rings (SSSR count). The zero-order valence-electron chi connectivity index (χ0n) is 9.87. The Morgan fingerprint density at radius 3 is 2.40 bits per heavy atom. The molecule has 0 unspecified atom stereocenters. The van der Waals surface area contributed by atoms with Crippen LogP contribution in [-0.2, 0) is 0 Å². The van der Waals surface area contributed by atoms with Gasteiger partial charge in [-0.15, -0.1) is 0 Å². The highest BCUT2D eigenvalue weighted by atomic mass is 15.3. The van der Waals surface area contributed by atoms with Crippen LogP contribution >= 0.6 is 0 Å². The first kappa shape index (κ1) is 12.0. The second-order valence-corrected chi connectivity index (χ2v) is 3.77. The maximum atomic E-state index is 4.37. The van der Waals surface area contributed by atoms with E-state index in [0.717, 1.165) is 19.0 Å². The number of hydrogen-bond acceptors (Lipinski definition) is 4. The van der Waals surface area contributed by atoms with Crippen molar-refractivity contribution in [2.75, 3.05) is 19.8 Å². The van der Waals surface area contributed by atoms with E-state index in [1.807, 2.05) is 0 Å². The molecule has 86 valence electrons. The van der Waals surface area contributed by atoms with Crippen molar-refractivity contribution < 1.29 is 0 Å². The summed E-state index contributed by atoms with van der Waals surface area (Å²) in [6, 6.07) is 0. The zero-order chi connectivity index (χ0) is 10.9. The van der Waals surface area contributed by atoms with E-state index in [1.165, 1.54) is 25.7 Å². The third kappa shape index (κ3) is 4.32. The van der Waals surface area contributed by atoms with Gasteiger partial charge < -0.3 is 10.2 Å². The Hall–Kier alpha value is -1.06. The summed E-state index contributed by atoms with van der Waals surface area (Å²) in [4.78, 5) is 10.7. The quantitative estimate of drug-likeness (QED) is 0.726. The van der Waals surface area contributed by atoms with Gasteiger partial charge in [0.25, 0.3) is 0 Å². The van der Waals surface area contributed by atoms with E-state index in [1.54, 1.807) is 6.34 Å². The smallest absolute Gasteiger partial charge is 0.201 e. The Kier molecular flexibility index (Phi) is 5.81. The molecule has 0 fully saturated rings. The summed E-state index contributed by atoms with van der Waals surface area (Å²) in [6.45, 7) is 7.19. The van der Waals surface area contributed by atoms with E-state index < -0.39 is 0 Å². The molecule has 4 nitrogen and oxygen atoms in total. The van der Waals surface area contributed by atoms with Crippen molar-refractivity contribution in [3.8, 4) is 0 Å². The van der Waals surface area contributed by atoms with Gasteiger partial charge in [-0.25, -0.2) is 4.99 Å². The van der Waals surface area contributed by atoms with E-state index in [-0.39, 0.29) is 0 Å². The fraction of sp³-hybridized carbons (Fsp3) is 0.818. The van der Waals surface area contributed by atoms with Crippen molar-refractivity contribution >= 4 is 12.3 Å². The molecule has 1 heterocycles. The number of rotatable bonds is 6. The number of aliphatic imine (C=N–C) groups is 2. The van der Waals surface area contributed by atoms with Gasteiger partial charge in [0, 0.05) is 13.1 Å². The minimum Gasteiger partial charge on any atom is -0.343 e. The predicted octanol–water partition coefficient (Wildman–Crippen LogP) is 1.83. The molecule has 0 atom stereocenters. The molecule has 0 aliphatic carbocycles. The van der Waals surface area contributed by atoms with Crippen LogP contribution in [0, 0.1) is 0 Å². The van der Waals surface area contributed by atoms with Crippen molar-refractivity contribution in [3.63, 3.8) is 0 Å². The van der Waals surface area contributed by atoms with Crippen molar-refractivity contribution in [1.82, 2.24) is 10.2 Å². The lowest BCUT2D eigenvalue weighted by atomic mass is 10.3. The fourth-order valence-corrected chi connectivity index (χ4v) is 1.51. The Morgan fingerprint density at radius 1 is 1.27 bits per heavy atom. The molecule has 4 heteroatoms. The highest BCUT2D eigenvalue weighted by Crippen LogP contribution is 2.01. The molecule has 0 saturated heterocycles. The van der Waals surface area contributed by atoms with Gasteiger partial charge in [0.15, 0.2) is 0 Å². The van der Waals surface area contributed by atoms with E-state index in [9.17, 15) is 0 Å². The first-order valence-corrected chi connectivity index (χ1v) is 5.92. The summed E-state index contributed by atoms with van der Waals surface area (Å²) in [5.41, 5.74) is 0. The number of unbranched alkanes of at least 4 members (excludes halogenated alkanes) is 2. The lowest BCUT2D eigenvalue weighted by Crippen LogP contribution is -2.43. The molecular formula is C11H22N4. The molecule has 1 aliphatic heterocycles. The van der Waals surface area contributed by atoms with Crippen LogP contribution in [0.5, 0.6) is 0 Å². The van der Waals surface area contributed by atoms with Gasteiger partial charge in [-0.05, 0) is 12.8 Å². The lowest BCUT2D eigenvalue weighted by Gasteiger charge is -2.26. The van der Waals surface area contributed by atoms with Gasteiger partial charge in [0.1, 0.15) is 6.67 Å². The van der Waals surface area contributed by atoms with Crippen molar-refractivity contribution in [1.29, 1.82) is 0 Å². The molecule has 0 aromatic carbocycles. The molecule has 0 bridgehead atoms. The Morgan fingerprint density at radius 2 is 1.93 bits per heavy atom. The Balaban J connectivity index is 2.42. The normalized spacial score (nSPS) is 14.7. The first-order valence-electron chi connectivity index (χ1n) is 5.92. The van der Waals surface area contributed by atoms with E-state index in [2.05, 4.69) is 34.0 Å². The van der Waals surface area contributed by atoms with Gasteiger partial charge in [-0.3, -0.25) is 4.99 Å². The van der Waals surface area contributed by atoms with Crippen LogP contribution < -0.4 is 5.32 Å². The van der Waals surface area contributed by atoms with Crippen LogP contribution in [0.15, 0.2) is 9.98 Å². The molecule has 1 aliphatic rings. The lowest BCUT2D eigenvalue weighted by molar-refractivity contribution is 0.388. The van der Waals surface area contributed by atoms with Crippen LogP contribution in [0.25, 0.3) is 0 Å². The average molecular weight is 210 g/mol. The van der Waals surface area contributed by atoms with Crippen LogP contribution in [0.2, 0.25) is 0 Å².